The van der Waals surface area contributed by atoms with Crippen LogP contribution in [0.4, 0.5) is 0 Å². The molecule has 24 heteroatoms. The summed E-state index contributed by atoms with van der Waals surface area (Å²) in [4.78, 5) is 77.8. The SMILES string of the molecule is O=C(O)c1cc2c(C(=O)O)cc1Sc1nnc(c3c1CCC3)Sc1cc(C(=O)O)c(cc1C(=O)O)Sc1nnc(c3c1CCC3)Sc1cc(C(=O)O)c(cc1C(=O)O)Sc1nnc(c3c1CCC3)S2. The molecule has 0 saturated heterocycles. The molecule has 0 radical (unpaired) electrons. The van der Waals surface area contributed by atoms with E-state index in [1.807, 2.05) is 0 Å². The molecule has 0 fully saturated rings. The molecule has 6 N–H and O–H groups in total. The Balaban J connectivity index is 1.16. The van der Waals surface area contributed by atoms with Gasteiger partial charge in [0.15, 0.2) is 0 Å². The van der Waals surface area contributed by atoms with Crippen LogP contribution in [0.2, 0.25) is 0 Å². The van der Waals surface area contributed by atoms with Crippen molar-refractivity contribution < 1.29 is 59.4 Å². The zero-order valence-corrected chi connectivity index (χ0v) is 40.0. The first-order valence-corrected chi connectivity index (χ1v) is 25.7. The van der Waals surface area contributed by atoms with E-state index in [2.05, 4.69) is 30.6 Å². The zero-order valence-electron chi connectivity index (χ0n) is 35.1. The summed E-state index contributed by atoms with van der Waals surface area (Å²) in [6.07, 6.45) is 5.03. The third-order valence-electron chi connectivity index (χ3n) is 11.8. The maximum absolute atomic E-state index is 12.9. The van der Waals surface area contributed by atoms with Gasteiger partial charge in [-0.2, -0.15) is 0 Å². The topological polar surface area (TPSA) is 301 Å². The van der Waals surface area contributed by atoms with Crippen LogP contribution in [0.3, 0.4) is 0 Å². The van der Waals surface area contributed by atoms with Gasteiger partial charge >= 0.3 is 35.8 Å². The Morgan fingerprint density at radius 2 is 0.435 bits per heavy atom. The van der Waals surface area contributed by atoms with Crippen LogP contribution in [-0.4, -0.2) is 97.0 Å². The van der Waals surface area contributed by atoms with Gasteiger partial charge < -0.3 is 30.6 Å². The summed E-state index contributed by atoms with van der Waals surface area (Å²) in [5.41, 5.74) is 3.00. The molecule has 3 aliphatic carbocycles. The highest BCUT2D eigenvalue weighted by Gasteiger charge is 2.32. The fourth-order valence-corrected chi connectivity index (χ4v) is 15.0. The lowest BCUT2D eigenvalue weighted by Gasteiger charge is -2.17. The number of hydrogen-bond donors (Lipinski definition) is 6. The van der Waals surface area contributed by atoms with E-state index in [0.29, 0.717) is 87.9 Å². The van der Waals surface area contributed by atoms with E-state index in [4.69, 9.17) is 0 Å². The highest BCUT2D eigenvalue weighted by Crippen LogP contribution is 2.48. The van der Waals surface area contributed by atoms with Crippen LogP contribution in [0.25, 0.3) is 0 Å². The predicted octanol–water partition coefficient (Wildman–Crippen LogP) is 8.93. The van der Waals surface area contributed by atoms with Crippen LogP contribution in [0.1, 0.15) is 115 Å². The average molecular weight is 1040 g/mol. The lowest BCUT2D eigenvalue weighted by atomic mass is 10.1. The summed E-state index contributed by atoms with van der Waals surface area (Å²) in [7, 11) is 0. The molecule has 3 aromatic carbocycles. The Hall–Kier alpha value is -6.18. The van der Waals surface area contributed by atoms with E-state index in [1.165, 1.54) is 36.4 Å². The van der Waals surface area contributed by atoms with Gasteiger partial charge in [0.1, 0.15) is 30.2 Å². The minimum atomic E-state index is -1.34. The smallest absolute Gasteiger partial charge is 0.336 e. The number of rotatable bonds is 6. The lowest BCUT2D eigenvalue weighted by Crippen LogP contribution is -2.08. The summed E-state index contributed by atoms with van der Waals surface area (Å²) in [5, 5.41) is 91.6. The van der Waals surface area contributed by atoms with E-state index in [0.717, 1.165) is 104 Å². The number of aromatic carboxylic acids is 6. The van der Waals surface area contributed by atoms with Gasteiger partial charge in [-0.1, -0.05) is 70.6 Å². The fourth-order valence-electron chi connectivity index (χ4n) is 8.59. The largest absolute Gasteiger partial charge is 0.478 e. The van der Waals surface area contributed by atoms with Gasteiger partial charge in [0.25, 0.3) is 0 Å². The first-order valence-electron chi connectivity index (χ1n) is 20.8. The zero-order chi connectivity index (χ0) is 48.4. The van der Waals surface area contributed by atoms with Crippen molar-refractivity contribution in [1.82, 2.24) is 30.6 Å². The highest BCUT2D eigenvalue weighted by molar-refractivity contribution is 8.01. The van der Waals surface area contributed by atoms with Crippen molar-refractivity contribution in [1.29, 1.82) is 0 Å². The summed E-state index contributed by atoms with van der Waals surface area (Å²) in [6.45, 7) is 0. The van der Waals surface area contributed by atoms with Gasteiger partial charge in [-0.25, -0.2) is 28.8 Å². The number of carboxylic acids is 6. The number of aromatic nitrogens is 6. The molecular formula is C45H30N6O12S6. The molecule has 0 atom stereocenters. The number of hydrogen-bond acceptors (Lipinski definition) is 18. The highest BCUT2D eigenvalue weighted by atomic mass is 32.2. The molecular weight excluding hydrogens is 1010 g/mol. The Kier molecular flexibility index (Phi) is 12.6. The van der Waals surface area contributed by atoms with Crippen LogP contribution in [0.15, 0.2) is 95.9 Å². The van der Waals surface area contributed by atoms with Crippen molar-refractivity contribution in [3.8, 4) is 0 Å². The summed E-state index contributed by atoms with van der Waals surface area (Å²) >= 11 is 5.61. The lowest BCUT2D eigenvalue weighted by molar-refractivity contribution is 0.0675. The van der Waals surface area contributed by atoms with Crippen LogP contribution in [0, 0.1) is 0 Å². The second-order valence-corrected chi connectivity index (χ2v) is 22.0. The normalized spacial score (nSPS) is 14.8. The van der Waals surface area contributed by atoms with E-state index < -0.39 is 35.8 Å². The maximum atomic E-state index is 12.9. The van der Waals surface area contributed by atoms with Crippen molar-refractivity contribution in [2.75, 3.05) is 0 Å². The van der Waals surface area contributed by atoms with Gasteiger partial charge in [-0.05, 0) is 128 Å². The maximum Gasteiger partial charge on any atom is 0.336 e. The molecule has 69 heavy (non-hydrogen) atoms. The van der Waals surface area contributed by atoms with Crippen LogP contribution in [0.5, 0.6) is 0 Å². The third-order valence-corrected chi connectivity index (χ3v) is 18.2. The average Bonchev–Trinajstić information content (AvgIpc) is 4.12. The van der Waals surface area contributed by atoms with E-state index >= 15 is 0 Å². The van der Waals surface area contributed by atoms with Crippen LogP contribution < -0.4 is 0 Å². The Morgan fingerprint density at radius 3 is 0.565 bits per heavy atom. The summed E-state index contributed by atoms with van der Waals surface area (Å²) < 4.78 is 0. The van der Waals surface area contributed by atoms with Crippen LogP contribution in [-0.2, 0) is 38.5 Å². The van der Waals surface area contributed by atoms with E-state index in [-0.39, 0.29) is 62.8 Å². The number of nitrogens with zero attached hydrogens (tertiary/aromatic N) is 6. The molecule has 348 valence electrons. The Morgan fingerprint density at radius 1 is 0.290 bits per heavy atom. The van der Waals surface area contributed by atoms with Crippen LogP contribution >= 0.6 is 70.6 Å². The predicted molar refractivity (Wildman–Crippen MR) is 248 cm³/mol. The van der Waals surface area contributed by atoms with Gasteiger partial charge in [-0.3, -0.25) is 0 Å². The van der Waals surface area contributed by atoms with Gasteiger partial charge in [0.2, 0.25) is 0 Å². The van der Waals surface area contributed by atoms with E-state index in [1.54, 1.807) is 0 Å². The molecule has 19 rings (SSSR count). The minimum absolute atomic E-state index is 0.0764. The molecule has 18 nitrogen and oxygen atoms in total. The Bertz CT molecular complexity index is 2780. The molecule has 13 heterocycles. The molecule has 13 aliphatic rings. The molecule has 0 unspecified atom stereocenters. The monoisotopic (exact) mass is 1040 g/mol. The standard InChI is InChI=1S/C45H30N6O12S6/c52-40(53)22-12-30-24(42(56)57)10-28(22)64-34-16-4-1-5-17(16)35(47-46-34)65-29-11-25(43(58)59)31(13-23(29)41(54)55)67-37-19-7-3-9-21(19)39(51-49-37)69-33-15-26(44(60)61)32(14-27(33)45(62)63)68-38-20-8-2-6-18(20)36(66-30)48-50-38/h10-15H,1-9H2,(H,52,53)(H,54,55)(H,56,57)(H,58,59)(H,60,61)(H,62,63). The van der Waals surface area contributed by atoms with Crippen molar-refractivity contribution >= 4 is 106 Å². The number of benzene rings is 3. The Labute approximate surface area is 414 Å². The first-order chi connectivity index (χ1) is 33.1. The first kappa shape index (κ1) is 46.5. The quantitative estimate of drug-likeness (QED) is 0.0905. The molecule has 3 aromatic heterocycles. The van der Waals surface area contributed by atoms with Crippen molar-refractivity contribution in [3.05, 3.63) is 103 Å². The summed E-state index contributed by atoms with van der Waals surface area (Å²) in [6, 6.07) is 7.57. The van der Waals surface area contributed by atoms with Crippen molar-refractivity contribution in [2.45, 2.75) is 117 Å². The van der Waals surface area contributed by atoms with Gasteiger partial charge in [0.05, 0.1) is 33.4 Å². The molecule has 6 aromatic rings. The fraction of sp³-hybridized carbons (Fsp3) is 0.200. The van der Waals surface area contributed by atoms with E-state index in [9.17, 15) is 59.4 Å². The van der Waals surface area contributed by atoms with Crippen molar-refractivity contribution in [2.24, 2.45) is 0 Å². The molecule has 0 spiro atoms. The molecule has 10 aliphatic heterocycles. The summed E-state index contributed by atoms with van der Waals surface area (Å²) in [5.74, 6) is -8.05. The number of carboxylic acid groups (broad SMARTS) is 6. The van der Waals surface area contributed by atoms with Gasteiger partial charge in [-0.15, -0.1) is 30.6 Å². The third kappa shape index (κ3) is 8.77. The minimum Gasteiger partial charge on any atom is -0.478 e. The van der Waals surface area contributed by atoms with Crippen molar-refractivity contribution in [3.63, 3.8) is 0 Å². The van der Waals surface area contributed by atoms with Gasteiger partial charge in [0, 0.05) is 29.4 Å². The second kappa shape index (κ2) is 18.6. The molecule has 12 bridgehead atoms. The number of carbonyl (C=O) groups is 6. The molecule has 0 saturated carbocycles. The molecule has 0 amide bonds. The second-order valence-electron chi connectivity index (χ2n) is 15.8.